The lowest BCUT2D eigenvalue weighted by Gasteiger charge is -2.39. The molecule has 23 heteroatoms. The van der Waals surface area contributed by atoms with E-state index in [4.69, 9.17) is 29.4 Å². The number of nitrogen functional groups attached to an aromatic ring is 1. The van der Waals surface area contributed by atoms with Crippen LogP contribution in [0, 0.1) is 5.41 Å². The van der Waals surface area contributed by atoms with Crippen molar-refractivity contribution >= 4 is 88.0 Å². The van der Waals surface area contributed by atoms with Crippen LogP contribution in [-0.2, 0) is 92.4 Å². The highest BCUT2D eigenvalue weighted by Gasteiger charge is 2.42. The van der Waals surface area contributed by atoms with Crippen LogP contribution < -0.4 is 21.7 Å². The molecule has 0 bridgehead atoms. The number of nitrogens with one attached hydrogen (secondary N) is 3. The molecule has 108 heavy (non-hydrogen) atoms. The molecular weight excluding hydrogens is 1380 g/mol. The van der Waals surface area contributed by atoms with Crippen molar-refractivity contribution in [2.75, 3.05) is 12.3 Å². The number of ether oxygens (including phenoxy) is 5. The van der Waals surface area contributed by atoms with Crippen molar-refractivity contribution in [3.05, 3.63) is 89.0 Å². The minimum atomic E-state index is -1.78. The summed E-state index contributed by atoms with van der Waals surface area (Å²) in [5, 5.41) is 9.35. The van der Waals surface area contributed by atoms with E-state index in [-0.39, 0.29) is 212 Å². The zero-order valence-electron chi connectivity index (χ0n) is 67.4. The van der Waals surface area contributed by atoms with Gasteiger partial charge in [0.05, 0.1) is 6.42 Å². The second-order valence-corrected chi connectivity index (χ2v) is 34.0. The van der Waals surface area contributed by atoms with Crippen molar-refractivity contribution in [1.29, 1.82) is 0 Å². The molecule has 596 valence electrons. The molecule has 0 saturated heterocycles. The van der Waals surface area contributed by atoms with E-state index in [9.17, 15) is 47.9 Å². The Balaban J connectivity index is 1.99. The number of amides is 3. The van der Waals surface area contributed by atoms with Gasteiger partial charge in [0.1, 0.15) is 63.7 Å². The topological polar surface area (TPSA) is 347 Å². The summed E-state index contributed by atoms with van der Waals surface area (Å²) in [6.07, 6.45) is -4.13. The Labute approximate surface area is 639 Å². The smallest absolute Gasteiger partial charge is 0.310 e. The van der Waals surface area contributed by atoms with Gasteiger partial charge in [0.25, 0.3) is 5.91 Å². The number of nitrogens with two attached hydrogens (primary N) is 1. The van der Waals surface area contributed by atoms with Crippen molar-refractivity contribution in [1.82, 2.24) is 16.0 Å². The number of carbonyl (C=O) groups is 14. The van der Waals surface area contributed by atoms with E-state index in [1.54, 1.807) is 83.1 Å². The van der Waals surface area contributed by atoms with Crippen molar-refractivity contribution in [2.45, 2.75) is 330 Å². The number of fused-ring (bicyclic) bond motifs is 3. The number of hydrogen-bond donors (Lipinski definition) is 4. The first-order valence-corrected chi connectivity index (χ1v) is 38.1. The summed E-state index contributed by atoms with van der Waals surface area (Å²) in [4.78, 5) is 194. The number of benzene rings is 3. The fraction of sp³-hybridized carbons (Fsp3) is 0.624. The molecule has 4 rings (SSSR count). The predicted molar refractivity (Wildman–Crippen MR) is 411 cm³/mol. The number of carbonyl (C=O) groups excluding carboxylic acids is 14. The lowest BCUT2D eigenvalue weighted by atomic mass is 9.70. The first-order chi connectivity index (χ1) is 50.0. The maximum atomic E-state index is 15.6. The van der Waals surface area contributed by atoms with E-state index in [1.165, 1.54) is 52.8 Å². The quantitative estimate of drug-likeness (QED) is 0.0232. The molecule has 5 N–H and O–H groups in total. The molecule has 3 aromatic carbocycles. The molecule has 0 aromatic heterocycles. The van der Waals surface area contributed by atoms with E-state index in [1.807, 2.05) is 48.5 Å². The number of hydrogen-bond acceptors (Lipinski definition) is 20. The molecule has 0 aliphatic heterocycles. The maximum absolute atomic E-state index is 15.6. The minimum absolute atomic E-state index is 0.00268. The van der Waals surface area contributed by atoms with Crippen LogP contribution in [-0.4, -0.2) is 128 Å². The zero-order chi connectivity index (χ0) is 81.2. The molecule has 1 atom stereocenters. The van der Waals surface area contributed by atoms with Crippen LogP contribution in [0.15, 0.2) is 66.7 Å². The van der Waals surface area contributed by atoms with Crippen LogP contribution in [0.4, 0.5) is 5.69 Å². The third-order valence-corrected chi connectivity index (χ3v) is 19.3. The fourth-order valence-corrected chi connectivity index (χ4v) is 13.8. The Morgan fingerprint density at radius 3 is 1.06 bits per heavy atom. The summed E-state index contributed by atoms with van der Waals surface area (Å²) < 4.78 is 28.7. The second kappa shape index (κ2) is 40.6. The number of Topliss-reactive ketones (excluding diaryl/α,β-unsaturated/α-hetero) is 6. The van der Waals surface area contributed by atoms with Crippen LogP contribution in [0.1, 0.15) is 311 Å². The number of esters is 5. The average molecular weight is 1500 g/mol. The Bertz CT molecular complexity index is 3500. The Hall–Kier alpha value is -8.76. The molecule has 0 heterocycles. The van der Waals surface area contributed by atoms with E-state index >= 15 is 19.2 Å². The van der Waals surface area contributed by atoms with Gasteiger partial charge in [-0.2, -0.15) is 0 Å². The van der Waals surface area contributed by atoms with Gasteiger partial charge in [-0.1, -0.05) is 48.5 Å². The maximum Gasteiger partial charge on any atom is 0.310 e. The second-order valence-electron chi connectivity index (χ2n) is 34.0. The van der Waals surface area contributed by atoms with Crippen LogP contribution in [0.2, 0.25) is 0 Å². The molecule has 3 amide bonds. The van der Waals surface area contributed by atoms with E-state index in [2.05, 4.69) is 16.0 Å². The molecule has 0 fully saturated rings. The first-order valence-electron chi connectivity index (χ1n) is 38.1. The van der Waals surface area contributed by atoms with Crippen LogP contribution in [0.3, 0.4) is 0 Å². The van der Waals surface area contributed by atoms with Crippen molar-refractivity contribution in [3.8, 4) is 11.1 Å². The Kier molecular flexibility index (Phi) is 34.5. The average Bonchev–Trinajstić information content (AvgIpc) is 1.61. The third-order valence-electron chi connectivity index (χ3n) is 19.3. The fourth-order valence-electron chi connectivity index (χ4n) is 13.8. The summed E-state index contributed by atoms with van der Waals surface area (Å²) in [5.41, 5.74) is 1.69. The highest BCUT2D eigenvalue weighted by atomic mass is 16.6. The lowest BCUT2D eigenvalue weighted by Crippen LogP contribution is -2.53. The molecule has 23 nitrogen and oxygen atoms in total. The van der Waals surface area contributed by atoms with Gasteiger partial charge in [-0.15, -0.1) is 0 Å². The monoisotopic (exact) mass is 1500 g/mol. The minimum Gasteiger partial charge on any atom is -0.464 e. The summed E-state index contributed by atoms with van der Waals surface area (Å²) in [5.74, 6) is -7.05. The Morgan fingerprint density at radius 1 is 0.370 bits per heavy atom. The van der Waals surface area contributed by atoms with Crippen molar-refractivity contribution in [3.63, 3.8) is 0 Å². The van der Waals surface area contributed by atoms with Gasteiger partial charge in [0, 0.05) is 117 Å². The zero-order valence-corrected chi connectivity index (χ0v) is 67.4. The van der Waals surface area contributed by atoms with Gasteiger partial charge in [-0.3, -0.25) is 43.2 Å². The third kappa shape index (κ3) is 33.8. The van der Waals surface area contributed by atoms with Crippen LogP contribution in [0.5, 0.6) is 0 Å². The SMILES string of the molecule is CC(=O)CCC(CCC(C)=O)(CCC(=O)OC(C)(C)C)CC(=O)CCC(CCC(=O)NC(CCC(C)=O)(CCC(C)=O)CCC(=O)OC(C)(C)C)(CCC(=O)NC(CCC(C)=O)(CCC(=O)OC(C)(C)C)CCC(=O)OC(C)(C)C)NC(=O)c1ccc(N)c(CC(=O)OCC2c3ccccc3-c3ccccc32)c1. The van der Waals surface area contributed by atoms with Gasteiger partial charge in [-0.25, -0.2) is 0 Å². The summed E-state index contributed by atoms with van der Waals surface area (Å²) in [7, 11) is 0. The lowest BCUT2D eigenvalue weighted by molar-refractivity contribution is -0.157. The number of anilines is 1. The van der Waals surface area contributed by atoms with Gasteiger partial charge >= 0.3 is 29.8 Å². The number of ketones is 6. The summed E-state index contributed by atoms with van der Waals surface area (Å²) in [6.45, 7) is 27.3. The van der Waals surface area contributed by atoms with Gasteiger partial charge in [0.2, 0.25) is 11.8 Å². The predicted octanol–water partition coefficient (Wildman–Crippen LogP) is 14.0. The number of rotatable bonds is 46. The molecule has 3 aromatic rings. The summed E-state index contributed by atoms with van der Waals surface area (Å²) in [6, 6.07) is 20.0. The standard InChI is InChI=1S/C85H122N4O19/c1-56(90)28-40-82(41-29-57(2)91,42-36-72(98)105-78(6,7)8)54-63(95)33-46-85(47-34-70(96)87-83(43-30-58(3)92,44-31-59(4)93)49-37-73(99)106-79(9,10)11,48-35-71(97)88-84(45-32-60(5)94,50-38-74(100)107-80(12,13)14)51-39-75(101)108-81(15,16)17)89-77(103)61-26-27-69(86)62(52-61)53-76(102)104-55-68-66-24-20-18-22-64(66)65-23-19-21-25-67(65)68/h18-27,52,68H,28-51,53-55,86H2,1-17H3,(H,87,96)(H,88,97)(H,89,103). The molecule has 1 unspecified atom stereocenters. The van der Waals surface area contributed by atoms with Gasteiger partial charge in [-0.05, 0) is 246 Å². The molecule has 0 radical (unpaired) electrons. The van der Waals surface area contributed by atoms with Crippen LogP contribution in [0.25, 0.3) is 11.1 Å². The molecule has 0 spiro atoms. The normalized spacial score (nSPS) is 13.2. The van der Waals surface area contributed by atoms with Crippen LogP contribution >= 0.6 is 0 Å². The van der Waals surface area contributed by atoms with Gasteiger partial charge in [0.15, 0.2) is 0 Å². The van der Waals surface area contributed by atoms with E-state index < -0.39 is 111 Å². The Morgan fingerprint density at radius 2 is 0.685 bits per heavy atom. The highest BCUT2D eigenvalue weighted by molar-refractivity contribution is 5.96. The highest BCUT2D eigenvalue weighted by Crippen LogP contribution is 2.45. The first kappa shape index (κ1) is 91.6. The molecule has 1 aliphatic carbocycles. The molecule has 1 aliphatic rings. The van der Waals surface area contributed by atoms with E-state index in [0.29, 0.717) is 0 Å². The summed E-state index contributed by atoms with van der Waals surface area (Å²) >= 11 is 0. The van der Waals surface area contributed by atoms with Crippen molar-refractivity contribution < 1.29 is 90.8 Å². The largest absolute Gasteiger partial charge is 0.464 e. The van der Waals surface area contributed by atoms with Crippen molar-refractivity contribution in [2.24, 2.45) is 5.41 Å². The van der Waals surface area contributed by atoms with E-state index in [0.717, 1.165) is 22.3 Å². The molecule has 0 saturated carbocycles. The molecular formula is C85H122N4O19. The van der Waals surface area contributed by atoms with Gasteiger partial charge < -0.3 is 69.3 Å².